The standard InChI is InChI=1S/C16H18O2/c1-4-9-18-12(2)13-5-6-15-11-16(17-3)8-7-14(15)10-13/h4-8,10-12H,1,9H2,2-3H3. The average molecular weight is 242 g/mol. The molecule has 2 rings (SSSR count). The van der Waals surface area contributed by atoms with E-state index in [4.69, 9.17) is 9.47 Å². The summed E-state index contributed by atoms with van der Waals surface area (Å²) in [6.07, 6.45) is 1.84. The highest BCUT2D eigenvalue weighted by Gasteiger charge is 2.06. The van der Waals surface area contributed by atoms with E-state index in [2.05, 4.69) is 30.8 Å². The van der Waals surface area contributed by atoms with Gasteiger partial charge in [0.25, 0.3) is 0 Å². The van der Waals surface area contributed by atoms with Crippen molar-refractivity contribution in [2.75, 3.05) is 13.7 Å². The Morgan fingerprint density at radius 3 is 2.61 bits per heavy atom. The van der Waals surface area contributed by atoms with Crippen molar-refractivity contribution in [3.63, 3.8) is 0 Å². The number of benzene rings is 2. The van der Waals surface area contributed by atoms with E-state index in [9.17, 15) is 0 Å². The molecule has 0 aliphatic rings. The van der Waals surface area contributed by atoms with Gasteiger partial charge in [0.15, 0.2) is 0 Å². The Morgan fingerprint density at radius 1 is 1.17 bits per heavy atom. The zero-order chi connectivity index (χ0) is 13.0. The minimum absolute atomic E-state index is 0.0782. The maximum absolute atomic E-state index is 5.63. The number of hydrogen-bond acceptors (Lipinski definition) is 2. The van der Waals surface area contributed by atoms with Crippen LogP contribution < -0.4 is 4.74 Å². The molecule has 2 heteroatoms. The first-order chi connectivity index (χ1) is 8.74. The molecule has 0 amide bonds. The van der Waals surface area contributed by atoms with Gasteiger partial charge in [-0.15, -0.1) is 6.58 Å². The Kier molecular flexibility index (Phi) is 4.00. The lowest BCUT2D eigenvalue weighted by Gasteiger charge is -2.13. The number of fused-ring (bicyclic) bond motifs is 1. The molecule has 0 spiro atoms. The highest BCUT2D eigenvalue weighted by atomic mass is 16.5. The number of hydrogen-bond donors (Lipinski definition) is 0. The molecular formula is C16H18O2. The smallest absolute Gasteiger partial charge is 0.119 e. The van der Waals surface area contributed by atoms with Crippen molar-refractivity contribution >= 4 is 10.8 Å². The molecule has 1 unspecified atom stereocenters. The van der Waals surface area contributed by atoms with Gasteiger partial charge in [-0.2, -0.15) is 0 Å². The molecule has 18 heavy (non-hydrogen) atoms. The molecule has 0 aliphatic heterocycles. The third-order valence-electron chi connectivity index (χ3n) is 3.00. The van der Waals surface area contributed by atoms with Gasteiger partial charge in [0.1, 0.15) is 5.75 Å². The molecular weight excluding hydrogens is 224 g/mol. The van der Waals surface area contributed by atoms with Gasteiger partial charge in [-0.3, -0.25) is 0 Å². The van der Waals surface area contributed by atoms with Crippen molar-refractivity contribution in [1.29, 1.82) is 0 Å². The molecule has 1 atom stereocenters. The molecule has 0 bridgehead atoms. The first-order valence-corrected chi connectivity index (χ1v) is 6.05. The zero-order valence-electron chi connectivity index (χ0n) is 10.8. The van der Waals surface area contributed by atoms with E-state index < -0.39 is 0 Å². The van der Waals surface area contributed by atoms with Crippen LogP contribution in [0.3, 0.4) is 0 Å². The lowest BCUT2D eigenvalue weighted by Crippen LogP contribution is -1.99. The fourth-order valence-electron chi connectivity index (χ4n) is 1.93. The fraction of sp³-hybridized carbons (Fsp3) is 0.250. The zero-order valence-corrected chi connectivity index (χ0v) is 10.8. The van der Waals surface area contributed by atoms with Gasteiger partial charge in [0, 0.05) is 0 Å². The second-order valence-electron chi connectivity index (χ2n) is 4.24. The molecule has 0 saturated heterocycles. The van der Waals surface area contributed by atoms with Crippen LogP contribution >= 0.6 is 0 Å². The number of rotatable bonds is 5. The maximum Gasteiger partial charge on any atom is 0.119 e. The maximum atomic E-state index is 5.63. The van der Waals surface area contributed by atoms with Crippen LogP contribution in [0.2, 0.25) is 0 Å². The van der Waals surface area contributed by atoms with Crippen LogP contribution in [0, 0.1) is 0 Å². The summed E-state index contributed by atoms with van der Waals surface area (Å²) >= 11 is 0. The van der Waals surface area contributed by atoms with Gasteiger partial charge >= 0.3 is 0 Å². The van der Waals surface area contributed by atoms with Gasteiger partial charge in [-0.25, -0.2) is 0 Å². The minimum atomic E-state index is 0.0782. The van der Waals surface area contributed by atoms with E-state index in [1.54, 1.807) is 13.2 Å². The predicted molar refractivity (Wildman–Crippen MR) is 75.1 cm³/mol. The third-order valence-corrected chi connectivity index (χ3v) is 3.00. The predicted octanol–water partition coefficient (Wildman–Crippen LogP) is 4.11. The number of methoxy groups -OCH3 is 1. The van der Waals surface area contributed by atoms with Crippen LogP contribution in [0.1, 0.15) is 18.6 Å². The molecule has 0 aliphatic carbocycles. The van der Waals surface area contributed by atoms with E-state index in [0.717, 1.165) is 5.75 Å². The average Bonchev–Trinajstić information content (AvgIpc) is 2.43. The summed E-state index contributed by atoms with van der Waals surface area (Å²) in [6, 6.07) is 12.4. The molecule has 0 radical (unpaired) electrons. The monoisotopic (exact) mass is 242 g/mol. The van der Waals surface area contributed by atoms with E-state index in [1.807, 2.05) is 19.1 Å². The third kappa shape index (κ3) is 2.71. The molecule has 0 saturated carbocycles. The van der Waals surface area contributed by atoms with E-state index >= 15 is 0 Å². The van der Waals surface area contributed by atoms with Gasteiger partial charge < -0.3 is 9.47 Å². The molecule has 0 N–H and O–H groups in total. The molecule has 2 nitrogen and oxygen atoms in total. The number of ether oxygens (including phenoxy) is 2. The van der Waals surface area contributed by atoms with Crippen LogP contribution in [0.15, 0.2) is 49.1 Å². The summed E-state index contributed by atoms with van der Waals surface area (Å²) in [5.74, 6) is 0.881. The van der Waals surface area contributed by atoms with Crippen LogP contribution in [0.25, 0.3) is 10.8 Å². The van der Waals surface area contributed by atoms with Crippen LogP contribution in [-0.2, 0) is 4.74 Å². The Balaban J connectivity index is 2.29. The summed E-state index contributed by atoms with van der Waals surface area (Å²) in [6.45, 7) is 6.28. The Bertz CT molecular complexity index is 546. The minimum Gasteiger partial charge on any atom is -0.497 e. The van der Waals surface area contributed by atoms with Crippen LogP contribution in [0.4, 0.5) is 0 Å². The van der Waals surface area contributed by atoms with Gasteiger partial charge in [-0.05, 0) is 41.5 Å². The van der Waals surface area contributed by atoms with Crippen LogP contribution in [-0.4, -0.2) is 13.7 Å². The summed E-state index contributed by atoms with van der Waals surface area (Å²) < 4.78 is 10.8. The van der Waals surface area contributed by atoms with Crippen molar-refractivity contribution in [3.05, 3.63) is 54.6 Å². The van der Waals surface area contributed by atoms with Crippen molar-refractivity contribution < 1.29 is 9.47 Å². The Labute approximate surface area is 108 Å². The van der Waals surface area contributed by atoms with E-state index in [-0.39, 0.29) is 6.10 Å². The molecule has 0 heterocycles. The highest BCUT2D eigenvalue weighted by Crippen LogP contribution is 2.25. The summed E-state index contributed by atoms with van der Waals surface area (Å²) in [5.41, 5.74) is 1.18. The van der Waals surface area contributed by atoms with Crippen molar-refractivity contribution in [2.24, 2.45) is 0 Å². The normalized spacial score (nSPS) is 12.3. The molecule has 2 aromatic rings. The lowest BCUT2D eigenvalue weighted by molar-refractivity contribution is 0.0889. The molecule has 0 fully saturated rings. The van der Waals surface area contributed by atoms with E-state index in [1.165, 1.54) is 16.3 Å². The van der Waals surface area contributed by atoms with Gasteiger partial charge in [0.2, 0.25) is 0 Å². The SMILES string of the molecule is C=CCOC(C)c1ccc2cc(OC)ccc2c1. The quantitative estimate of drug-likeness (QED) is 0.734. The van der Waals surface area contributed by atoms with E-state index in [0.29, 0.717) is 6.61 Å². The first-order valence-electron chi connectivity index (χ1n) is 6.05. The van der Waals surface area contributed by atoms with Gasteiger partial charge in [0.05, 0.1) is 19.8 Å². The second kappa shape index (κ2) is 5.69. The molecule has 94 valence electrons. The Morgan fingerprint density at radius 2 is 1.89 bits per heavy atom. The molecule has 0 aromatic heterocycles. The summed E-state index contributed by atoms with van der Waals surface area (Å²) in [4.78, 5) is 0. The molecule has 2 aromatic carbocycles. The summed E-state index contributed by atoms with van der Waals surface area (Å²) in [7, 11) is 1.68. The highest BCUT2D eigenvalue weighted by molar-refractivity contribution is 5.84. The van der Waals surface area contributed by atoms with Gasteiger partial charge in [-0.1, -0.05) is 24.3 Å². The lowest BCUT2D eigenvalue weighted by atomic mass is 10.0. The van der Waals surface area contributed by atoms with Crippen LogP contribution in [0.5, 0.6) is 5.75 Å². The first kappa shape index (κ1) is 12.7. The fourth-order valence-corrected chi connectivity index (χ4v) is 1.93. The van der Waals surface area contributed by atoms with Crippen molar-refractivity contribution in [2.45, 2.75) is 13.0 Å². The van der Waals surface area contributed by atoms with Crippen molar-refractivity contribution in [1.82, 2.24) is 0 Å². The van der Waals surface area contributed by atoms with Crippen molar-refractivity contribution in [3.8, 4) is 5.75 Å². The Hall–Kier alpha value is -1.80. The topological polar surface area (TPSA) is 18.5 Å². The largest absolute Gasteiger partial charge is 0.497 e. The summed E-state index contributed by atoms with van der Waals surface area (Å²) in [5, 5.41) is 2.37. The second-order valence-corrected chi connectivity index (χ2v) is 4.24.